The maximum atomic E-state index is 5.14. The van der Waals surface area contributed by atoms with Crippen molar-refractivity contribution in [3.8, 4) is 0 Å². The summed E-state index contributed by atoms with van der Waals surface area (Å²) in [5, 5.41) is 3.37. The lowest BCUT2D eigenvalue weighted by molar-refractivity contribution is 0.170. The second-order valence-corrected chi connectivity index (χ2v) is 4.74. The first-order chi connectivity index (χ1) is 8.10. The third-order valence-electron chi connectivity index (χ3n) is 3.21. The van der Waals surface area contributed by atoms with E-state index in [1.807, 2.05) is 13.2 Å². The molecular weight excluding hydrogens is 212 g/mol. The lowest BCUT2D eigenvalue weighted by Crippen LogP contribution is -2.26. The largest absolute Gasteiger partial charge is 0.385 e. The van der Waals surface area contributed by atoms with Crippen LogP contribution in [0.3, 0.4) is 0 Å². The summed E-state index contributed by atoms with van der Waals surface area (Å²) < 4.78 is 5.14. The molecule has 0 aliphatic heterocycles. The fourth-order valence-corrected chi connectivity index (χ4v) is 2.21. The number of methoxy groups -OCH3 is 1. The van der Waals surface area contributed by atoms with Crippen LogP contribution in [-0.4, -0.2) is 25.7 Å². The quantitative estimate of drug-likeness (QED) is 0.824. The fraction of sp³-hybridized carbons (Fsp3) is 0.643. The van der Waals surface area contributed by atoms with E-state index < -0.39 is 0 Å². The third kappa shape index (κ3) is 3.79. The molecular formula is C14H24N2O. The second kappa shape index (κ2) is 6.72. The van der Waals surface area contributed by atoms with Crippen LogP contribution in [0.1, 0.15) is 36.2 Å². The van der Waals surface area contributed by atoms with Gasteiger partial charge < -0.3 is 10.1 Å². The summed E-state index contributed by atoms with van der Waals surface area (Å²) in [4.78, 5) is 4.57. The van der Waals surface area contributed by atoms with Gasteiger partial charge in [0.2, 0.25) is 0 Å². The van der Waals surface area contributed by atoms with E-state index in [1.165, 1.54) is 11.1 Å². The molecule has 0 radical (unpaired) electrons. The predicted octanol–water partition coefficient (Wildman–Crippen LogP) is 2.63. The van der Waals surface area contributed by atoms with Crippen LogP contribution in [0.2, 0.25) is 0 Å². The Kier molecular flexibility index (Phi) is 5.59. The standard InChI is InChI=1S/C14H24N2O/c1-10-8-12(3)14(16-9-10)13(15-4)11(2)6-7-17-5/h8-9,11,13,15H,6-7H2,1-5H3. The number of hydrogen-bond acceptors (Lipinski definition) is 3. The maximum Gasteiger partial charge on any atom is 0.0605 e. The van der Waals surface area contributed by atoms with Crippen LogP contribution in [0.5, 0.6) is 0 Å². The summed E-state index contributed by atoms with van der Waals surface area (Å²) in [5.74, 6) is 0.508. The van der Waals surface area contributed by atoms with E-state index in [-0.39, 0.29) is 0 Å². The monoisotopic (exact) mass is 236 g/mol. The number of rotatable bonds is 6. The SMILES string of the molecule is CNC(c1ncc(C)cc1C)C(C)CCOC. The molecule has 0 saturated heterocycles. The number of pyridine rings is 1. The molecule has 0 aliphatic carbocycles. The van der Waals surface area contributed by atoms with Crippen molar-refractivity contribution < 1.29 is 4.74 Å². The maximum absolute atomic E-state index is 5.14. The molecule has 0 fully saturated rings. The molecule has 0 aliphatic rings. The van der Waals surface area contributed by atoms with Crippen LogP contribution in [0, 0.1) is 19.8 Å². The van der Waals surface area contributed by atoms with E-state index in [0.717, 1.165) is 18.7 Å². The molecule has 1 aromatic heterocycles. The number of nitrogens with zero attached hydrogens (tertiary/aromatic N) is 1. The molecule has 17 heavy (non-hydrogen) atoms. The first-order valence-electron chi connectivity index (χ1n) is 6.19. The van der Waals surface area contributed by atoms with Crippen LogP contribution in [0.15, 0.2) is 12.3 Å². The van der Waals surface area contributed by atoms with Crippen molar-refractivity contribution in [2.75, 3.05) is 20.8 Å². The van der Waals surface area contributed by atoms with Crippen LogP contribution in [-0.2, 0) is 4.74 Å². The molecule has 1 aromatic rings. The van der Waals surface area contributed by atoms with Crippen LogP contribution < -0.4 is 5.32 Å². The van der Waals surface area contributed by atoms with Crippen molar-refractivity contribution in [3.05, 3.63) is 29.1 Å². The summed E-state index contributed by atoms with van der Waals surface area (Å²) >= 11 is 0. The van der Waals surface area contributed by atoms with Crippen molar-refractivity contribution in [2.45, 2.75) is 33.2 Å². The molecule has 0 aromatic carbocycles. The fourth-order valence-electron chi connectivity index (χ4n) is 2.21. The van der Waals surface area contributed by atoms with E-state index >= 15 is 0 Å². The average molecular weight is 236 g/mol. The van der Waals surface area contributed by atoms with E-state index in [2.05, 4.69) is 37.1 Å². The molecule has 2 unspecified atom stereocenters. The first kappa shape index (κ1) is 14.1. The van der Waals surface area contributed by atoms with Crippen molar-refractivity contribution >= 4 is 0 Å². The lowest BCUT2D eigenvalue weighted by Gasteiger charge is -2.24. The van der Waals surface area contributed by atoms with Crippen LogP contribution in [0.25, 0.3) is 0 Å². The number of aromatic nitrogens is 1. The van der Waals surface area contributed by atoms with Gasteiger partial charge >= 0.3 is 0 Å². The number of ether oxygens (including phenoxy) is 1. The molecule has 96 valence electrons. The zero-order chi connectivity index (χ0) is 12.8. The highest BCUT2D eigenvalue weighted by Crippen LogP contribution is 2.25. The Morgan fingerprint density at radius 3 is 2.65 bits per heavy atom. The van der Waals surface area contributed by atoms with E-state index in [4.69, 9.17) is 4.74 Å². The van der Waals surface area contributed by atoms with Gasteiger partial charge in [0, 0.05) is 19.9 Å². The second-order valence-electron chi connectivity index (χ2n) is 4.74. The zero-order valence-corrected chi connectivity index (χ0v) is 11.6. The van der Waals surface area contributed by atoms with Crippen molar-refractivity contribution in [2.24, 2.45) is 5.92 Å². The third-order valence-corrected chi connectivity index (χ3v) is 3.21. The topological polar surface area (TPSA) is 34.2 Å². The highest BCUT2D eigenvalue weighted by atomic mass is 16.5. The summed E-state index contributed by atoms with van der Waals surface area (Å²) in [5.41, 5.74) is 3.63. The van der Waals surface area contributed by atoms with Gasteiger partial charge in [-0.05, 0) is 44.4 Å². The van der Waals surface area contributed by atoms with E-state index in [1.54, 1.807) is 7.11 Å². The predicted molar refractivity (Wildman–Crippen MR) is 71.2 cm³/mol. The van der Waals surface area contributed by atoms with Crippen molar-refractivity contribution in [1.82, 2.24) is 10.3 Å². The Morgan fingerprint density at radius 2 is 2.12 bits per heavy atom. The Hall–Kier alpha value is -0.930. The number of hydrogen-bond donors (Lipinski definition) is 1. The molecule has 0 bridgehead atoms. The average Bonchev–Trinajstić information content (AvgIpc) is 2.30. The molecule has 3 nitrogen and oxygen atoms in total. The Bertz CT molecular complexity index is 352. The van der Waals surface area contributed by atoms with Gasteiger partial charge in [-0.25, -0.2) is 0 Å². The van der Waals surface area contributed by atoms with Gasteiger partial charge in [0.1, 0.15) is 0 Å². The minimum atomic E-state index is 0.297. The van der Waals surface area contributed by atoms with Crippen molar-refractivity contribution in [3.63, 3.8) is 0 Å². The molecule has 3 heteroatoms. The summed E-state index contributed by atoms with van der Waals surface area (Å²) in [6.45, 7) is 7.24. The van der Waals surface area contributed by atoms with E-state index in [9.17, 15) is 0 Å². The molecule has 2 atom stereocenters. The van der Waals surface area contributed by atoms with Crippen LogP contribution >= 0.6 is 0 Å². The Morgan fingerprint density at radius 1 is 1.41 bits per heavy atom. The highest BCUT2D eigenvalue weighted by Gasteiger charge is 2.20. The smallest absolute Gasteiger partial charge is 0.0605 e. The number of aryl methyl sites for hydroxylation is 2. The van der Waals surface area contributed by atoms with Crippen molar-refractivity contribution in [1.29, 1.82) is 0 Å². The molecule has 0 spiro atoms. The highest BCUT2D eigenvalue weighted by molar-refractivity contribution is 5.26. The minimum Gasteiger partial charge on any atom is -0.385 e. The minimum absolute atomic E-state index is 0.297. The van der Waals surface area contributed by atoms with E-state index in [0.29, 0.717) is 12.0 Å². The van der Waals surface area contributed by atoms with Gasteiger partial charge in [0.15, 0.2) is 0 Å². The van der Waals surface area contributed by atoms with Gasteiger partial charge in [0.25, 0.3) is 0 Å². The lowest BCUT2D eigenvalue weighted by atomic mass is 9.93. The van der Waals surface area contributed by atoms with Gasteiger partial charge in [-0.3, -0.25) is 4.98 Å². The summed E-state index contributed by atoms with van der Waals surface area (Å²) in [7, 11) is 3.74. The van der Waals surface area contributed by atoms with Gasteiger partial charge in [0.05, 0.1) is 11.7 Å². The molecule has 1 rings (SSSR count). The van der Waals surface area contributed by atoms with Crippen LogP contribution in [0.4, 0.5) is 0 Å². The molecule has 0 amide bonds. The summed E-state index contributed by atoms with van der Waals surface area (Å²) in [6, 6.07) is 2.49. The molecule has 1 N–H and O–H groups in total. The summed E-state index contributed by atoms with van der Waals surface area (Å²) in [6.07, 6.45) is 2.98. The van der Waals surface area contributed by atoms with Gasteiger partial charge in [-0.2, -0.15) is 0 Å². The Labute approximate surface area is 105 Å². The zero-order valence-electron chi connectivity index (χ0n) is 11.6. The van der Waals surface area contributed by atoms with Gasteiger partial charge in [-0.1, -0.05) is 13.0 Å². The Balaban J connectivity index is 2.85. The number of nitrogens with one attached hydrogen (secondary N) is 1. The first-order valence-corrected chi connectivity index (χ1v) is 6.19. The molecule has 1 heterocycles. The van der Waals surface area contributed by atoms with Gasteiger partial charge in [-0.15, -0.1) is 0 Å². The molecule has 0 saturated carbocycles. The normalized spacial score (nSPS) is 14.6.